The molecule has 0 aliphatic heterocycles. The van der Waals surface area contributed by atoms with Crippen molar-refractivity contribution in [3.63, 3.8) is 0 Å². The predicted octanol–water partition coefficient (Wildman–Crippen LogP) is 2.79. The molecule has 4 nitrogen and oxygen atoms in total. The van der Waals surface area contributed by atoms with Gasteiger partial charge in [0.25, 0.3) is 0 Å². The average molecular weight is 289 g/mol. The summed E-state index contributed by atoms with van der Waals surface area (Å²) in [6, 6.07) is 1.70. The van der Waals surface area contributed by atoms with Crippen LogP contribution in [0, 0.1) is 0 Å². The van der Waals surface area contributed by atoms with Gasteiger partial charge in [-0.1, -0.05) is 19.3 Å². The minimum absolute atomic E-state index is 0.0383. The SMILES string of the molecule is Nc1cc(C(F)(F)F)cc(NCC2(O)CCCCC2)n1. The van der Waals surface area contributed by atoms with Gasteiger partial charge in [-0.3, -0.25) is 0 Å². The van der Waals surface area contributed by atoms with Crippen molar-refractivity contribution in [3.05, 3.63) is 17.7 Å². The van der Waals surface area contributed by atoms with Crippen LogP contribution >= 0.6 is 0 Å². The Labute approximate surface area is 115 Å². The minimum atomic E-state index is -4.46. The zero-order valence-electron chi connectivity index (χ0n) is 11.0. The predicted molar refractivity (Wildman–Crippen MR) is 70.2 cm³/mol. The first kappa shape index (κ1) is 14.9. The third-order valence-electron chi connectivity index (χ3n) is 3.56. The summed E-state index contributed by atoms with van der Waals surface area (Å²) < 4.78 is 38.0. The molecule has 0 unspecified atom stereocenters. The maximum absolute atomic E-state index is 12.7. The zero-order valence-corrected chi connectivity index (χ0v) is 11.0. The van der Waals surface area contributed by atoms with Crippen LogP contribution in [-0.4, -0.2) is 22.2 Å². The first-order valence-electron chi connectivity index (χ1n) is 6.60. The summed E-state index contributed by atoms with van der Waals surface area (Å²) in [6.07, 6.45) is -0.234. The number of aliphatic hydroxyl groups is 1. The van der Waals surface area contributed by atoms with Gasteiger partial charge in [0, 0.05) is 6.54 Å². The topological polar surface area (TPSA) is 71.2 Å². The van der Waals surface area contributed by atoms with Crippen LogP contribution in [0.5, 0.6) is 0 Å². The number of halogens is 3. The van der Waals surface area contributed by atoms with E-state index in [2.05, 4.69) is 10.3 Å². The number of hydrogen-bond donors (Lipinski definition) is 3. The van der Waals surface area contributed by atoms with Gasteiger partial charge in [-0.15, -0.1) is 0 Å². The molecule has 1 aliphatic rings. The molecule has 112 valence electrons. The van der Waals surface area contributed by atoms with Gasteiger partial charge in [0.1, 0.15) is 11.6 Å². The number of hydrogen-bond acceptors (Lipinski definition) is 4. The normalized spacial score (nSPS) is 18.8. The number of nitrogens with one attached hydrogen (secondary N) is 1. The van der Waals surface area contributed by atoms with Gasteiger partial charge in [-0.25, -0.2) is 4.98 Å². The Balaban J connectivity index is 2.07. The number of anilines is 2. The molecule has 0 amide bonds. The summed E-state index contributed by atoms with van der Waals surface area (Å²) in [5.41, 5.74) is 3.67. The van der Waals surface area contributed by atoms with Crippen LogP contribution in [-0.2, 0) is 6.18 Å². The monoisotopic (exact) mass is 289 g/mol. The van der Waals surface area contributed by atoms with Crippen molar-refractivity contribution in [3.8, 4) is 0 Å². The molecule has 0 atom stereocenters. The van der Waals surface area contributed by atoms with Gasteiger partial charge in [-0.2, -0.15) is 13.2 Å². The second-order valence-corrected chi connectivity index (χ2v) is 5.30. The summed E-state index contributed by atoms with van der Waals surface area (Å²) >= 11 is 0. The molecule has 0 saturated heterocycles. The van der Waals surface area contributed by atoms with Gasteiger partial charge < -0.3 is 16.2 Å². The minimum Gasteiger partial charge on any atom is -0.388 e. The third kappa shape index (κ3) is 3.75. The Morgan fingerprint density at radius 2 is 1.90 bits per heavy atom. The van der Waals surface area contributed by atoms with Crippen LogP contribution in [0.2, 0.25) is 0 Å². The molecule has 1 aliphatic carbocycles. The van der Waals surface area contributed by atoms with Crippen molar-refractivity contribution in [1.29, 1.82) is 0 Å². The lowest BCUT2D eigenvalue weighted by Gasteiger charge is -2.32. The van der Waals surface area contributed by atoms with E-state index in [-0.39, 0.29) is 18.2 Å². The maximum Gasteiger partial charge on any atom is 0.416 e. The molecule has 1 heterocycles. The summed E-state index contributed by atoms with van der Waals surface area (Å²) in [5, 5.41) is 13.1. The van der Waals surface area contributed by atoms with Gasteiger partial charge in [-0.05, 0) is 25.0 Å². The van der Waals surface area contributed by atoms with Gasteiger partial charge >= 0.3 is 6.18 Å². The van der Waals surface area contributed by atoms with Crippen molar-refractivity contribution < 1.29 is 18.3 Å². The van der Waals surface area contributed by atoms with Crippen molar-refractivity contribution in [2.24, 2.45) is 0 Å². The molecule has 0 radical (unpaired) electrons. The van der Waals surface area contributed by atoms with Gasteiger partial charge in [0.05, 0.1) is 11.2 Å². The van der Waals surface area contributed by atoms with E-state index in [4.69, 9.17) is 5.73 Å². The van der Waals surface area contributed by atoms with E-state index in [9.17, 15) is 18.3 Å². The Morgan fingerprint density at radius 1 is 1.25 bits per heavy atom. The Kier molecular flexibility index (Phi) is 4.08. The van der Waals surface area contributed by atoms with Crippen LogP contribution in [0.15, 0.2) is 12.1 Å². The highest BCUT2D eigenvalue weighted by molar-refractivity contribution is 5.47. The second kappa shape index (κ2) is 5.47. The standard InChI is InChI=1S/C13H18F3N3O/c14-13(15,16)9-6-10(17)19-11(7-9)18-8-12(20)4-2-1-3-5-12/h6-7,20H,1-5,8H2,(H3,17,18,19). The molecule has 7 heteroatoms. The largest absolute Gasteiger partial charge is 0.416 e. The lowest BCUT2D eigenvalue weighted by molar-refractivity contribution is -0.137. The van der Waals surface area contributed by atoms with E-state index in [1.807, 2.05) is 0 Å². The van der Waals surface area contributed by atoms with Gasteiger partial charge in [0.2, 0.25) is 0 Å². The van der Waals surface area contributed by atoms with E-state index in [0.717, 1.165) is 31.4 Å². The molecule has 2 rings (SSSR count). The highest BCUT2D eigenvalue weighted by Crippen LogP contribution is 2.32. The summed E-state index contributed by atoms with van der Waals surface area (Å²) in [5.74, 6) is -0.158. The number of aromatic nitrogens is 1. The Hall–Kier alpha value is -1.50. The molecule has 0 aromatic carbocycles. The molecule has 1 aromatic heterocycles. The fourth-order valence-electron chi connectivity index (χ4n) is 2.45. The fourth-order valence-corrected chi connectivity index (χ4v) is 2.45. The van der Waals surface area contributed by atoms with Crippen LogP contribution in [0.25, 0.3) is 0 Å². The molecule has 0 bridgehead atoms. The third-order valence-corrected chi connectivity index (χ3v) is 3.56. The van der Waals surface area contributed by atoms with E-state index < -0.39 is 17.3 Å². The smallest absolute Gasteiger partial charge is 0.388 e. The van der Waals surface area contributed by atoms with Crippen LogP contribution in [0.3, 0.4) is 0 Å². The number of rotatable bonds is 3. The van der Waals surface area contributed by atoms with Crippen molar-refractivity contribution in [2.75, 3.05) is 17.6 Å². The molecule has 1 fully saturated rings. The molecule has 4 N–H and O–H groups in total. The van der Waals surface area contributed by atoms with E-state index in [1.165, 1.54) is 0 Å². The quantitative estimate of drug-likeness (QED) is 0.800. The lowest BCUT2D eigenvalue weighted by Crippen LogP contribution is -2.39. The van der Waals surface area contributed by atoms with Crippen molar-refractivity contribution in [1.82, 2.24) is 4.98 Å². The van der Waals surface area contributed by atoms with Gasteiger partial charge in [0.15, 0.2) is 0 Å². The van der Waals surface area contributed by atoms with Crippen LogP contribution < -0.4 is 11.1 Å². The summed E-state index contributed by atoms with van der Waals surface area (Å²) in [6.45, 7) is 0.181. The lowest BCUT2D eigenvalue weighted by atomic mass is 9.85. The second-order valence-electron chi connectivity index (χ2n) is 5.30. The van der Waals surface area contributed by atoms with Crippen molar-refractivity contribution >= 4 is 11.6 Å². The molecular formula is C13H18F3N3O. The highest BCUT2D eigenvalue weighted by Gasteiger charge is 2.32. The molecule has 1 saturated carbocycles. The van der Waals surface area contributed by atoms with Crippen LogP contribution in [0.1, 0.15) is 37.7 Å². The number of nitrogen functional groups attached to an aromatic ring is 1. The van der Waals surface area contributed by atoms with E-state index in [0.29, 0.717) is 12.8 Å². The first-order valence-corrected chi connectivity index (χ1v) is 6.60. The molecule has 1 aromatic rings. The van der Waals surface area contributed by atoms with E-state index >= 15 is 0 Å². The number of nitrogens with zero attached hydrogens (tertiary/aromatic N) is 1. The summed E-state index contributed by atoms with van der Waals surface area (Å²) in [7, 11) is 0. The number of alkyl halides is 3. The number of pyridine rings is 1. The van der Waals surface area contributed by atoms with Crippen molar-refractivity contribution in [2.45, 2.75) is 43.9 Å². The first-order chi connectivity index (χ1) is 9.28. The van der Waals surface area contributed by atoms with Crippen LogP contribution in [0.4, 0.5) is 24.8 Å². The number of nitrogens with two attached hydrogens (primary N) is 1. The fraction of sp³-hybridized carbons (Fsp3) is 0.615. The Bertz CT molecular complexity index is 470. The highest BCUT2D eigenvalue weighted by atomic mass is 19.4. The summed E-state index contributed by atoms with van der Waals surface area (Å²) in [4.78, 5) is 3.82. The Morgan fingerprint density at radius 3 is 2.50 bits per heavy atom. The average Bonchev–Trinajstić information content (AvgIpc) is 2.36. The molecule has 20 heavy (non-hydrogen) atoms. The molecule has 0 spiro atoms. The molecular weight excluding hydrogens is 271 g/mol. The zero-order chi connectivity index (χ0) is 14.8. The maximum atomic E-state index is 12.7. The van der Waals surface area contributed by atoms with E-state index in [1.54, 1.807) is 0 Å².